The maximum atomic E-state index is 14.4. The van der Waals surface area contributed by atoms with Crippen LogP contribution in [0.15, 0.2) is 35.5 Å². The van der Waals surface area contributed by atoms with Crippen LogP contribution in [0.2, 0.25) is 5.02 Å². The molecule has 3 rings (SSSR count). The Labute approximate surface area is 168 Å². The third-order valence-electron chi connectivity index (χ3n) is 4.23. The van der Waals surface area contributed by atoms with E-state index in [1.54, 1.807) is 0 Å². The third kappa shape index (κ3) is 4.13. The van der Waals surface area contributed by atoms with Gasteiger partial charge < -0.3 is 20.5 Å². The fourth-order valence-electron chi connectivity index (χ4n) is 2.82. The van der Waals surface area contributed by atoms with Gasteiger partial charge in [0.1, 0.15) is 29.7 Å². The van der Waals surface area contributed by atoms with E-state index in [0.717, 1.165) is 12.1 Å². The van der Waals surface area contributed by atoms with E-state index in [9.17, 15) is 18.0 Å². The lowest BCUT2D eigenvalue weighted by molar-refractivity contribution is -0.0145. The Morgan fingerprint density at radius 3 is 2.79 bits per heavy atom. The van der Waals surface area contributed by atoms with Gasteiger partial charge >= 0.3 is 0 Å². The molecule has 3 N–H and O–H groups in total. The van der Waals surface area contributed by atoms with Gasteiger partial charge in [-0.15, -0.1) is 0 Å². The Kier molecular flexibility index (Phi) is 5.94. The number of aromatic nitrogens is 1. The van der Waals surface area contributed by atoms with Crippen LogP contribution < -0.4 is 15.8 Å². The average molecular weight is 429 g/mol. The summed E-state index contributed by atoms with van der Waals surface area (Å²) in [6, 6.07) is 4.60. The number of nitrogens with zero attached hydrogens (tertiary/aromatic N) is 2. The summed E-state index contributed by atoms with van der Waals surface area (Å²) in [6.07, 6.45) is -1.81. The fraction of sp³-hybridized carbons (Fsp3) is 0.278. The molecular formula is C18H16ClF3N4O3. The number of hydrogen-bond donors (Lipinski definition) is 2. The highest BCUT2D eigenvalue weighted by Gasteiger charge is 2.46. The van der Waals surface area contributed by atoms with E-state index < -0.39 is 35.9 Å². The molecule has 0 unspecified atom stereocenters. The predicted molar refractivity (Wildman–Crippen MR) is 100 cm³/mol. The van der Waals surface area contributed by atoms with Gasteiger partial charge in [-0.05, 0) is 18.2 Å². The van der Waals surface area contributed by atoms with E-state index in [1.165, 1.54) is 25.4 Å². The Balaban J connectivity index is 1.95. The number of amidine groups is 1. The van der Waals surface area contributed by atoms with Crippen molar-refractivity contribution >= 4 is 29.0 Å². The summed E-state index contributed by atoms with van der Waals surface area (Å²) in [6.45, 7) is -0.695. The number of ether oxygens (including phenoxy) is 2. The lowest BCUT2D eigenvalue weighted by atomic mass is 9.90. The van der Waals surface area contributed by atoms with Crippen LogP contribution in [0.3, 0.4) is 0 Å². The topological polar surface area (TPSA) is 98.8 Å². The SMILES string of the molecule is COc1cnc(C(=O)Nc2ccc(F)c([C@]3(C(F)F)COCC(N)=N3)c2)c(Cl)c1. The zero-order valence-electron chi connectivity index (χ0n) is 15.1. The lowest BCUT2D eigenvalue weighted by Crippen LogP contribution is -2.45. The first-order valence-electron chi connectivity index (χ1n) is 8.28. The Bertz CT molecular complexity index is 973. The normalized spacial score (nSPS) is 19.0. The van der Waals surface area contributed by atoms with Gasteiger partial charge in [0.25, 0.3) is 12.3 Å². The number of halogens is 4. The molecule has 1 aromatic heterocycles. The molecule has 0 spiro atoms. The van der Waals surface area contributed by atoms with E-state index >= 15 is 0 Å². The van der Waals surface area contributed by atoms with Crippen LogP contribution in [0.4, 0.5) is 18.9 Å². The Morgan fingerprint density at radius 1 is 1.41 bits per heavy atom. The zero-order valence-corrected chi connectivity index (χ0v) is 15.8. The van der Waals surface area contributed by atoms with Gasteiger partial charge in [0.15, 0.2) is 5.54 Å². The van der Waals surface area contributed by atoms with Crippen LogP contribution >= 0.6 is 11.6 Å². The van der Waals surface area contributed by atoms with Gasteiger partial charge in [0, 0.05) is 17.3 Å². The monoisotopic (exact) mass is 428 g/mol. The average Bonchev–Trinajstić information content (AvgIpc) is 2.68. The van der Waals surface area contributed by atoms with Crippen molar-refractivity contribution in [3.63, 3.8) is 0 Å². The first-order valence-corrected chi connectivity index (χ1v) is 8.65. The summed E-state index contributed by atoms with van der Waals surface area (Å²) >= 11 is 6.02. The van der Waals surface area contributed by atoms with Gasteiger partial charge in [0.05, 0.1) is 24.9 Å². The molecule has 0 aliphatic carbocycles. The second-order valence-electron chi connectivity index (χ2n) is 6.18. The predicted octanol–water partition coefficient (Wildman–Crippen LogP) is 2.98. The molecule has 154 valence electrons. The third-order valence-corrected chi connectivity index (χ3v) is 4.52. The highest BCUT2D eigenvalue weighted by Crippen LogP contribution is 2.38. The molecule has 0 bridgehead atoms. The van der Waals surface area contributed by atoms with Crippen molar-refractivity contribution in [2.45, 2.75) is 12.0 Å². The quantitative estimate of drug-likeness (QED) is 0.762. The van der Waals surface area contributed by atoms with Crippen molar-refractivity contribution in [1.29, 1.82) is 0 Å². The molecule has 0 saturated carbocycles. The Hall–Kier alpha value is -2.85. The number of carbonyl (C=O) groups excluding carboxylic acids is 1. The van der Waals surface area contributed by atoms with Crippen molar-refractivity contribution in [3.8, 4) is 5.75 Å². The number of amides is 1. The number of anilines is 1. The molecule has 7 nitrogen and oxygen atoms in total. The summed E-state index contributed by atoms with van der Waals surface area (Å²) in [5.74, 6) is -1.49. The second kappa shape index (κ2) is 8.26. The number of nitrogens with one attached hydrogen (secondary N) is 1. The van der Waals surface area contributed by atoms with E-state index in [2.05, 4.69) is 15.3 Å². The molecule has 0 fully saturated rings. The number of rotatable bonds is 5. The smallest absolute Gasteiger partial charge is 0.275 e. The van der Waals surface area contributed by atoms with Crippen molar-refractivity contribution < 1.29 is 27.4 Å². The number of hydrogen-bond acceptors (Lipinski definition) is 6. The number of alkyl halides is 2. The zero-order chi connectivity index (χ0) is 21.2. The minimum Gasteiger partial charge on any atom is -0.495 e. The molecule has 1 amide bonds. The summed E-state index contributed by atoms with van der Waals surface area (Å²) in [4.78, 5) is 20.1. The summed E-state index contributed by atoms with van der Waals surface area (Å²) < 4.78 is 52.2. The number of carbonyl (C=O) groups is 1. The van der Waals surface area contributed by atoms with E-state index in [-0.39, 0.29) is 28.8 Å². The van der Waals surface area contributed by atoms with Crippen LogP contribution in [-0.4, -0.2) is 43.5 Å². The molecule has 1 aromatic carbocycles. The molecular weight excluding hydrogens is 413 g/mol. The molecule has 1 atom stereocenters. The maximum absolute atomic E-state index is 14.4. The molecule has 0 saturated heterocycles. The van der Waals surface area contributed by atoms with Crippen LogP contribution in [-0.2, 0) is 10.3 Å². The molecule has 0 radical (unpaired) electrons. The largest absolute Gasteiger partial charge is 0.495 e. The summed E-state index contributed by atoms with van der Waals surface area (Å²) in [5.41, 5.74) is 2.68. The highest BCUT2D eigenvalue weighted by molar-refractivity contribution is 6.34. The van der Waals surface area contributed by atoms with E-state index in [4.69, 9.17) is 26.8 Å². The number of pyridine rings is 1. The molecule has 11 heteroatoms. The van der Waals surface area contributed by atoms with Gasteiger partial charge in [-0.2, -0.15) is 0 Å². The lowest BCUT2D eigenvalue weighted by Gasteiger charge is -2.33. The van der Waals surface area contributed by atoms with E-state index in [0.29, 0.717) is 5.75 Å². The summed E-state index contributed by atoms with van der Waals surface area (Å²) in [7, 11) is 1.41. The van der Waals surface area contributed by atoms with Crippen LogP contribution in [0.1, 0.15) is 16.1 Å². The number of aliphatic imine (C=N–C) groups is 1. The first-order chi connectivity index (χ1) is 13.8. The van der Waals surface area contributed by atoms with Gasteiger partial charge in [-0.1, -0.05) is 11.6 Å². The van der Waals surface area contributed by atoms with Crippen LogP contribution in [0, 0.1) is 5.82 Å². The molecule has 1 aliphatic heterocycles. The number of nitrogens with two attached hydrogens (primary N) is 1. The Morgan fingerprint density at radius 2 is 2.17 bits per heavy atom. The standard InChI is InChI=1S/C18H16ClF3N4O3/c1-28-10-5-12(19)15(24-6-10)16(27)25-9-2-3-13(20)11(4-9)18(17(21)22)8-29-7-14(23)26-18/h2-6,17H,7-8H2,1H3,(H2,23,26)(H,25,27)/t18-/m0/s1. The first kappa shape index (κ1) is 20.9. The highest BCUT2D eigenvalue weighted by atomic mass is 35.5. The minimum absolute atomic E-state index is 0.0197. The van der Waals surface area contributed by atoms with Crippen molar-refractivity contribution in [2.75, 3.05) is 25.6 Å². The number of benzene rings is 1. The number of methoxy groups -OCH3 is 1. The second-order valence-corrected chi connectivity index (χ2v) is 6.58. The van der Waals surface area contributed by atoms with Crippen molar-refractivity contribution in [1.82, 2.24) is 4.98 Å². The molecule has 29 heavy (non-hydrogen) atoms. The molecule has 1 aliphatic rings. The van der Waals surface area contributed by atoms with E-state index in [1.807, 2.05) is 0 Å². The summed E-state index contributed by atoms with van der Waals surface area (Å²) in [5, 5.41) is 2.47. The molecule has 2 heterocycles. The minimum atomic E-state index is -3.10. The van der Waals surface area contributed by atoms with Gasteiger partial charge in [-0.25, -0.2) is 18.2 Å². The molecule has 2 aromatic rings. The maximum Gasteiger partial charge on any atom is 0.275 e. The van der Waals surface area contributed by atoms with Gasteiger partial charge in [0.2, 0.25) is 0 Å². The van der Waals surface area contributed by atoms with Crippen molar-refractivity contribution in [3.05, 3.63) is 52.6 Å². The van der Waals surface area contributed by atoms with Gasteiger partial charge in [-0.3, -0.25) is 9.79 Å². The van der Waals surface area contributed by atoms with Crippen molar-refractivity contribution in [2.24, 2.45) is 10.7 Å². The van der Waals surface area contributed by atoms with Crippen LogP contribution in [0.5, 0.6) is 5.75 Å². The van der Waals surface area contributed by atoms with Crippen LogP contribution in [0.25, 0.3) is 0 Å². The fourth-order valence-corrected chi connectivity index (χ4v) is 3.07.